The molecule has 2 saturated heterocycles. The van der Waals surface area contributed by atoms with Crippen molar-refractivity contribution in [3.63, 3.8) is 0 Å². The van der Waals surface area contributed by atoms with Crippen LogP contribution in [-0.2, 0) is 4.79 Å². The van der Waals surface area contributed by atoms with Crippen molar-refractivity contribution in [1.29, 1.82) is 0 Å². The first-order chi connectivity index (χ1) is 13.8. The molecule has 29 heavy (non-hydrogen) atoms. The topological polar surface area (TPSA) is 148 Å². The standard InChI is InChI=1S/C18H26N6O5/c1-10-8-12(21-22-15(10)26)17(28)23-7-5-11(14(25)9-23)20-16(27)13-4-3-6-24(13)18(29)19-2/h8,11,13-14,25H,3-7,9H2,1-2H3,(H,19,29)(H,20,27)(H,22,26)/t11?,13-,14?/m0/s1. The summed E-state index contributed by atoms with van der Waals surface area (Å²) >= 11 is 0. The van der Waals surface area contributed by atoms with E-state index in [4.69, 9.17) is 0 Å². The molecule has 0 saturated carbocycles. The summed E-state index contributed by atoms with van der Waals surface area (Å²) in [7, 11) is 1.52. The summed E-state index contributed by atoms with van der Waals surface area (Å²) in [4.78, 5) is 51.5. The Hall–Kier alpha value is -2.95. The number of urea groups is 1. The minimum absolute atomic E-state index is 0.0352. The summed E-state index contributed by atoms with van der Waals surface area (Å²) in [6.45, 7) is 2.45. The monoisotopic (exact) mass is 406 g/mol. The normalized spacial score (nSPS) is 24.3. The van der Waals surface area contributed by atoms with E-state index in [-0.39, 0.29) is 29.7 Å². The molecule has 11 heteroatoms. The molecule has 2 aliphatic heterocycles. The Kier molecular flexibility index (Phi) is 6.16. The van der Waals surface area contributed by atoms with Crippen LogP contribution in [0, 0.1) is 6.92 Å². The molecule has 2 unspecified atom stereocenters. The highest BCUT2D eigenvalue weighted by molar-refractivity contribution is 5.92. The van der Waals surface area contributed by atoms with Crippen LogP contribution in [0.4, 0.5) is 4.79 Å². The van der Waals surface area contributed by atoms with Crippen LogP contribution in [0.3, 0.4) is 0 Å². The van der Waals surface area contributed by atoms with Crippen LogP contribution in [0.15, 0.2) is 10.9 Å². The molecule has 3 heterocycles. The molecular formula is C18H26N6O5. The lowest BCUT2D eigenvalue weighted by atomic mass is 10.0. The maximum atomic E-state index is 12.6. The van der Waals surface area contributed by atoms with Crippen LogP contribution in [0.5, 0.6) is 0 Å². The Morgan fingerprint density at radius 3 is 2.69 bits per heavy atom. The molecule has 3 rings (SSSR count). The summed E-state index contributed by atoms with van der Waals surface area (Å²) in [5.41, 5.74) is 0.118. The van der Waals surface area contributed by atoms with Crippen molar-refractivity contribution >= 4 is 17.8 Å². The van der Waals surface area contributed by atoms with Gasteiger partial charge in [0.1, 0.15) is 11.7 Å². The Morgan fingerprint density at radius 1 is 1.28 bits per heavy atom. The molecule has 0 bridgehead atoms. The van der Waals surface area contributed by atoms with Gasteiger partial charge >= 0.3 is 6.03 Å². The number of piperidine rings is 1. The Morgan fingerprint density at radius 2 is 2.03 bits per heavy atom. The average Bonchev–Trinajstić information content (AvgIpc) is 3.20. The largest absolute Gasteiger partial charge is 0.389 e. The molecule has 4 amide bonds. The number of aromatic amines is 1. The highest BCUT2D eigenvalue weighted by Crippen LogP contribution is 2.19. The number of H-pyrrole nitrogens is 1. The van der Waals surface area contributed by atoms with Crippen molar-refractivity contribution < 1.29 is 19.5 Å². The Bertz CT molecular complexity index is 855. The second-order valence-electron chi connectivity index (χ2n) is 7.39. The van der Waals surface area contributed by atoms with Crippen molar-refractivity contribution in [3.05, 3.63) is 27.7 Å². The van der Waals surface area contributed by atoms with Gasteiger partial charge in [-0.1, -0.05) is 0 Å². The fourth-order valence-electron chi connectivity index (χ4n) is 3.76. The van der Waals surface area contributed by atoms with Crippen molar-refractivity contribution in [1.82, 2.24) is 30.6 Å². The first-order valence-electron chi connectivity index (χ1n) is 9.64. The quantitative estimate of drug-likeness (QED) is 0.484. The molecule has 1 aromatic rings. The number of hydrogen-bond donors (Lipinski definition) is 4. The number of β-amino-alcohol motifs (C(OH)–C–C–N with tert-alkyl or cyclic N) is 1. The van der Waals surface area contributed by atoms with E-state index in [1.807, 2.05) is 0 Å². The summed E-state index contributed by atoms with van der Waals surface area (Å²) in [5.74, 6) is -0.692. The van der Waals surface area contributed by atoms with Crippen LogP contribution in [0.2, 0.25) is 0 Å². The molecule has 0 aliphatic carbocycles. The summed E-state index contributed by atoms with van der Waals surface area (Å²) in [6, 6.07) is 0.0425. The number of carbonyl (C=O) groups is 3. The zero-order valence-electron chi connectivity index (χ0n) is 16.5. The van der Waals surface area contributed by atoms with E-state index < -0.39 is 24.1 Å². The van der Waals surface area contributed by atoms with E-state index in [0.29, 0.717) is 31.5 Å². The third-order valence-electron chi connectivity index (χ3n) is 5.44. The first kappa shape index (κ1) is 20.8. The van der Waals surface area contributed by atoms with Gasteiger partial charge in [0.25, 0.3) is 11.5 Å². The zero-order chi connectivity index (χ0) is 21.1. The number of nitrogens with zero attached hydrogens (tertiary/aromatic N) is 3. The number of amides is 4. The maximum Gasteiger partial charge on any atom is 0.317 e. The zero-order valence-corrected chi connectivity index (χ0v) is 16.5. The van der Waals surface area contributed by atoms with Crippen molar-refractivity contribution in [3.8, 4) is 0 Å². The molecular weight excluding hydrogens is 380 g/mol. The van der Waals surface area contributed by atoms with Gasteiger partial charge < -0.3 is 25.5 Å². The second kappa shape index (κ2) is 8.60. The van der Waals surface area contributed by atoms with Gasteiger partial charge in [-0.25, -0.2) is 9.89 Å². The fourth-order valence-corrected chi connectivity index (χ4v) is 3.76. The van der Waals surface area contributed by atoms with Gasteiger partial charge in [-0.05, 0) is 32.3 Å². The minimum Gasteiger partial charge on any atom is -0.389 e. The number of hydrogen-bond acceptors (Lipinski definition) is 6. The SMILES string of the molecule is CNC(=O)N1CCC[C@H]1C(=O)NC1CCN(C(=O)c2cc(C)c(=O)[nH]n2)CC1O. The van der Waals surface area contributed by atoms with Crippen LogP contribution in [0.25, 0.3) is 0 Å². The fraction of sp³-hybridized carbons (Fsp3) is 0.611. The number of carbonyl (C=O) groups excluding carboxylic acids is 3. The number of aromatic nitrogens is 2. The van der Waals surface area contributed by atoms with Crippen molar-refractivity contribution in [2.24, 2.45) is 0 Å². The van der Waals surface area contributed by atoms with Gasteiger partial charge in [-0.15, -0.1) is 0 Å². The van der Waals surface area contributed by atoms with Crippen LogP contribution < -0.4 is 16.2 Å². The van der Waals surface area contributed by atoms with Crippen LogP contribution in [-0.4, -0.2) is 87.8 Å². The molecule has 1 aromatic heterocycles. The lowest BCUT2D eigenvalue weighted by molar-refractivity contribution is -0.126. The van der Waals surface area contributed by atoms with E-state index in [1.165, 1.54) is 22.9 Å². The number of likely N-dealkylation sites (tertiary alicyclic amines) is 2. The summed E-state index contributed by atoms with van der Waals surface area (Å²) in [5, 5.41) is 21.9. The lowest BCUT2D eigenvalue weighted by Gasteiger charge is -2.37. The van der Waals surface area contributed by atoms with Gasteiger partial charge in [0.15, 0.2) is 0 Å². The predicted molar refractivity (Wildman–Crippen MR) is 102 cm³/mol. The van der Waals surface area contributed by atoms with Gasteiger partial charge in [-0.3, -0.25) is 14.4 Å². The maximum absolute atomic E-state index is 12.6. The predicted octanol–water partition coefficient (Wildman–Crippen LogP) is -1.43. The van der Waals surface area contributed by atoms with E-state index in [2.05, 4.69) is 20.8 Å². The molecule has 0 spiro atoms. The van der Waals surface area contributed by atoms with Crippen molar-refractivity contribution in [2.45, 2.75) is 44.4 Å². The third-order valence-corrected chi connectivity index (χ3v) is 5.44. The van der Waals surface area contributed by atoms with E-state index >= 15 is 0 Å². The first-order valence-corrected chi connectivity index (χ1v) is 9.64. The molecule has 2 fully saturated rings. The lowest BCUT2D eigenvalue weighted by Crippen LogP contribution is -2.58. The number of nitrogens with one attached hydrogen (secondary N) is 3. The Labute approximate surface area is 167 Å². The molecule has 0 aromatic carbocycles. The number of aliphatic hydroxyl groups excluding tert-OH is 1. The number of aliphatic hydroxyl groups is 1. The van der Waals surface area contributed by atoms with Gasteiger partial charge in [0, 0.05) is 32.2 Å². The van der Waals surface area contributed by atoms with Gasteiger partial charge in [-0.2, -0.15) is 5.10 Å². The molecule has 3 atom stereocenters. The third kappa shape index (κ3) is 4.39. The highest BCUT2D eigenvalue weighted by atomic mass is 16.3. The van der Waals surface area contributed by atoms with Gasteiger partial charge in [0.05, 0.1) is 12.1 Å². The van der Waals surface area contributed by atoms with Gasteiger partial charge in [0.2, 0.25) is 5.91 Å². The minimum atomic E-state index is -0.949. The molecule has 158 valence electrons. The molecule has 11 nitrogen and oxygen atoms in total. The van der Waals surface area contributed by atoms with E-state index in [1.54, 1.807) is 6.92 Å². The second-order valence-corrected chi connectivity index (χ2v) is 7.39. The number of aryl methyl sites for hydroxylation is 1. The highest BCUT2D eigenvalue weighted by Gasteiger charge is 2.37. The van der Waals surface area contributed by atoms with Crippen LogP contribution in [0.1, 0.15) is 35.3 Å². The average molecular weight is 406 g/mol. The van der Waals surface area contributed by atoms with Crippen LogP contribution >= 0.6 is 0 Å². The summed E-state index contributed by atoms with van der Waals surface area (Å²) in [6.07, 6.45) is 0.736. The summed E-state index contributed by atoms with van der Waals surface area (Å²) < 4.78 is 0. The van der Waals surface area contributed by atoms with E-state index in [9.17, 15) is 24.3 Å². The molecule has 2 aliphatic rings. The molecule has 4 N–H and O–H groups in total. The van der Waals surface area contributed by atoms with Crippen molar-refractivity contribution in [2.75, 3.05) is 26.7 Å². The number of rotatable bonds is 3. The van der Waals surface area contributed by atoms with E-state index in [0.717, 1.165) is 6.42 Å². The smallest absolute Gasteiger partial charge is 0.317 e. The molecule has 0 radical (unpaired) electrons. The Balaban J connectivity index is 1.59.